The smallest absolute Gasteiger partial charge is 0.294 e. The maximum atomic E-state index is 12.4. The fraction of sp³-hybridized carbons (Fsp3) is 0.143. The zero-order valence-corrected chi connectivity index (χ0v) is 13.0. The number of hydrazone groups is 1. The number of benzene rings is 1. The number of rotatable bonds is 4. The zero-order valence-electron chi connectivity index (χ0n) is 13.0. The van der Waals surface area contributed by atoms with E-state index in [1.54, 1.807) is 13.8 Å². The zero-order chi connectivity index (χ0) is 17.1. The monoisotopic (exact) mass is 326 g/mol. The SMILES string of the molecule is CC(C)=NNC(=O)c1nnn(-c2nonc2N)c1-c1ccccc1. The van der Waals surface area contributed by atoms with E-state index < -0.39 is 5.91 Å². The van der Waals surface area contributed by atoms with Crippen LogP contribution < -0.4 is 11.2 Å². The van der Waals surface area contributed by atoms with Crippen LogP contribution in [0.15, 0.2) is 40.1 Å². The molecule has 10 heteroatoms. The molecule has 0 radical (unpaired) electrons. The van der Waals surface area contributed by atoms with Crippen LogP contribution in [0, 0.1) is 0 Å². The molecule has 0 unspecified atom stereocenters. The van der Waals surface area contributed by atoms with Crippen molar-refractivity contribution in [2.45, 2.75) is 13.8 Å². The summed E-state index contributed by atoms with van der Waals surface area (Å²) in [5.74, 6) is -0.321. The van der Waals surface area contributed by atoms with Gasteiger partial charge in [0.15, 0.2) is 5.69 Å². The fourth-order valence-electron chi connectivity index (χ4n) is 1.99. The minimum atomic E-state index is -0.503. The molecule has 24 heavy (non-hydrogen) atoms. The summed E-state index contributed by atoms with van der Waals surface area (Å²) in [5, 5.41) is 19.0. The predicted molar refractivity (Wildman–Crippen MR) is 85.3 cm³/mol. The Hall–Kier alpha value is -3.56. The third kappa shape index (κ3) is 2.84. The third-order valence-electron chi connectivity index (χ3n) is 3.01. The molecule has 1 amide bonds. The molecule has 0 saturated carbocycles. The second-order valence-corrected chi connectivity index (χ2v) is 5.04. The number of nitrogens with zero attached hydrogens (tertiary/aromatic N) is 6. The van der Waals surface area contributed by atoms with E-state index in [2.05, 4.69) is 35.8 Å². The van der Waals surface area contributed by atoms with Gasteiger partial charge in [-0.15, -0.1) is 5.10 Å². The molecule has 0 atom stereocenters. The summed E-state index contributed by atoms with van der Waals surface area (Å²) in [6, 6.07) is 9.13. The van der Waals surface area contributed by atoms with Crippen LogP contribution in [0.4, 0.5) is 5.82 Å². The normalized spacial score (nSPS) is 10.4. The Morgan fingerprint density at radius 3 is 2.62 bits per heavy atom. The van der Waals surface area contributed by atoms with E-state index in [-0.39, 0.29) is 17.3 Å². The van der Waals surface area contributed by atoms with Gasteiger partial charge in [-0.2, -0.15) is 9.78 Å². The first-order valence-electron chi connectivity index (χ1n) is 6.98. The summed E-state index contributed by atoms with van der Waals surface area (Å²) >= 11 is 0. The van der Waals surface area contributed by atoms with Crippen molar-refractivity contribution in [1.82, 2.24) is 30.7 Å². The molecule has 122 valence electrons. The molecule has 2 heterocycles. The lowest BCUT2D eigenvalue weighted by molar-refractivity contribution is 0.0950. The van der Waals surface area contributed by atoms with Gasteiger partial charge in [0.05, 0.1) is 0 Å². The van der Waals surface area contributed by atoms with E-state index in [0.29, 0.717) is 17.0 Å². The van der Waals surface area contributed by atoms with Gasteiger partial charge in [-0.25, -0.2) is 10.1 Å². The Balaban J connectivity index is 2.14. The fourth-order valence-corrected chi connectivity index (χ4v) is 1.99. The van der Waals surface area contributed by atoms with E-state index >= 15 is 0 Å². The molecule has 0 aliphatic rings. The van der Waals surface area contributed by atoms with Crippen molar-refractivity contribution in [3.05, 3.63) is 36.0 Å². The molecule has 0 fully saturated rings. The molecular formula is C14H14N8O2. The molecule has 0 bridgehead atoms. The lowest BCUT2D eigenvalue weighted by Crippen LogP contribution is -2.20. The summed E-state index contributed by atoms with van der Waals surface area (Å²) in [6.07, 6.45) is 0. The Bertz CT molecular complexity index is 893. The van der Waals surface area contributed by atoms with Crippen LogP contribution in [0.2, 0.25) is 0 Å². The standard InChI is InChI=1S/C14H14N8O2/c1-8(2)16-18-14(23)10-11(9-6-4-3-5-7-9)22(21-17-10)13-12(15)19-24-20-13/h3-7H,1-2H3,(H2,15,19)(H,18,23). The summed E-state index contributed by atoms with van der Waals surface area (Å²) in [4.78, 5) is 12.4. The van der Waals surface area contributed by atoms with Crippen LogP contribution in [0.25, 0.3) is 17.1 Å². The van der Waals surface area contributed by atoms with Gasteiger partial charge < -0.3 is 5.73 Å². The highest BCUT2D eigenvalue weighted by molar-refractivity contribution is 5.98. The molecule has 0 aliphatic carbocycles. The molecule has 3 rings (SSSR count). The molecule has 10 nitrogen and oxygen atoms in total. The van der Waals surface area contributed by atoms with Gasteiger partial charge in [-0.1, -0.05) is 35.5 Å². The van der Waals surface area contributed by atoms with Crippen molar-refractivity contribution >= 4 is 17.4 Å². The van der Waals surface area contributed by atoms with Crippen LogP contribution in [0.5, 0.6) is 0 Å². The van der Waals surface area contributed by atoms with Crippen LogP contribution in [-0.4, -0.2) is 36.9 Å². The number of aromatic nitrogens is 5. The molecular weight excluding hydrogens is 312 g/mol. The first-order chi connectivity index (χ1) is 11.6. The average Bonchev–Trinajstić information content (AvgIpc) is 3.19. The number of hydrogen-bond donors (Lipinski definition) is 2. The van der Waals surface area contributed by atoms with Gasteiger partial charge in [0.1, 0.15) is 5.69 Å². The number of hydrogen-bond acceptors (Lipinski definition) is 8. The topological polar surface area (TPSA) is 137 Å². The number of amides is 1. The van der Waals surface area contributed by atoms with Gasteiger partial charge in [-0.3, -0.25) is 4.79 Å². The molecule has 0 aliphatic heterocycles. The number of carbonyl (C=O) groups is 1. The minimum absolute atomic E-state index is 0.0338. The number of nitrogens with one attached hydrogen (secondary N) is 1. The van der Waals surface area contributed by atoms with Crippen molar-refractivity contribution in [2.24, 2.45) is 5.10 Å². The molecule has 0 spiro atoms. The Morgan fingerprint density at radius 1 is 1.25 bits per heavy atom. The van der Waals surface area contributed by atoms with Crippen LogP contribution >= 0.6 is 0 Å². The summed E-state index contributed by atoms with van der Waals surface area (Å²) in [5.41, 5.74) is 10.0. The van der Waals surface area contributed by atoms with E-state index in [1.165, 1.54) is 4.68 Å². The van der Waals surface area contributed by atoms with E-state index in [4.69, 9.17) is 5.73 Å². The van der Waals surface area contributed by atoms with Gasteiger partial charge in [0.2, 0.25) is 11.6 Å². The highest BCUT2D eigenvalue weighted by Crippen LogP contribution is 2.26. The highest BCUT2D eigenvalue weighted by Gasteiger charge is 2.24. The predicted octanol–water partition coefficient (Wildman–Crippen LogP) is 1.03. The lowest BCUT2D eigenvalue weighted by atomic mass is 10.1. The molecule has 3 aromatic rings. The number of nitrogen functional groups attached to an aromatic ring is 1. The second kappa shape index (κ2) is 6.28. The molecule has 0 saturated heterocycles. The van der Waals surface area contributed by atoms with Gasteiger partial charge in [0, 0.05) is 11.3 Å². The van der Waals surface area contributed by atoms with E-state index in [1.807, 2.05) is 30.3 Å². The maximum absolute atomic E-state index is 12.4. The average molecular weight is 326 g/mol. The van der Waals surface area contributed by atoms with Crippen molar-refractivity contribution < 1.29 is 9.42 Å². The van der Waals surface area contributed by atoms with Crippen molar-refractivity contribution in [1.29, 1.82) is 0 Å². The van der Waals surface area contributed by atoms with Crippen molar-refractivity contribution in [3.63, 3.8) is 0 Å². The second-order valence-electron chi connectivity index (χ2n) is 5.04. The summed E-state index contributed by atoms with van der Waals surface area (Å²) in [6.45, 7) is 3.52. The minimum Gasteiger partial charge on any atom is -0.378 e. The van der Waals surface area contributed by atoms with Crippen LogP contribution in [0.3, 0.4) is 0 Å². The quantitative estimate of drug-likeness (QED) is 0.539. The maximum Gasteiger partial charge on any atom is 0.294 e. The highest BCUT2D eigenvalue weighted by atomic mass is 16.6. The number of anilines is 1. The molecule has 1 aromatic carbocycles. The third-order valence-corrected chi connectivity index (χ3v) is 3.01. The first kappa shape index (κ1) is 15.3. The Morgan fingerprint density at radius 2 is 2.00 bits per heavy atom. The number of nitrogens with two attached hydrogens (primary N) is 1. The van der Waals surface area contributed by atoms with Gasteiger partial charge in [0.25, 0.3) is 5.91 Å². The Kier molecular flexibility index (Phi) is 4.01. The largest absolute Gasteiger partial charge is 0.378 e. The number of carbonyl (C=O) groups excluding carboxylic acids is 1. The summed E-state index contributed by atoms with van der Waals surface area (Å²) < 4.78 is 5.91. The van der Waals surface area contributed by atoms with Crippen molar-refractivity contribution in [3.8, 4) is 17.1 Å². The molecule has 2 aromatic heterocycles. The first-order valence-corrected chi connectivity index (χ1v) is 6.98. The Labute approximate surface area is 136 Å². The van der Waals surface area contributed by atoms with E-state index in [0.717, 1.165) is 0 Å². The van der Waals surface area contributed by atoms with E-state index in [9.17, 15) is 4.79 Å². The summed E-state index contributed by atoms with van der Waals surface area (Å²) in [7, 11) is 0. The molecule has 3 N–H and O–H groups in total. The lowest BCUT2D eigenvalue weighted by Gasteiger charge is -2.05. The van der Waals surface area contributed by atoms with Gasteiger partial charge >= 0.3 is 0 Å². The van der Waals surface area contributed by atoms with Crippen LogP contribution in [0.1, 0.15) is 24.3 Å². The van der Waals surface area contributed by atoms with Crippen molar-refractivity contribution in [2.75, 3.05) is 5.73 Å². The van der Waals surface area contributed by atoms with Crippen LogP contribution in [-0.2, 0) is 0 Å². The van der Waals surface area contributed by atoms with Gasteiger partial charge in [-0.05, 0) is 24.2 Å².